The fourth-order valence-electron chi connectivity index (χ4n) is 3.58. The van der Waals surface area contributed by atoms with Crippen molar-refractivity contribution in [1.29, 1.82) is 0 Å². The van der Waals surface area contributed by atoms with E-state index in [0.717, 1.165) is 41.2 Å². The highest BCUT2D eigenvalue weighted by atomic mass is 15.3. The van der Waals surface area contributed by atoms with Crippen LogP contribution in [-0.2, 0) is 6.42 Å². The molecule has 0 aliphatic heterocycles. The number of hydrogen-bond donors (Lipinski definition) is 2. The summed E-state index contributed by atoms with van der Waals surface area (Å²) in [4.78, 5) is 9.57. The molecule has 5 rings (SSSR count). The minimum absolute atomic E-state index is 0.570. The van der Waals surface area contributed by atoms with Gasteiger partial charge in [0.15, 0.2) is 5.65 Å². The molecule has 3 aromatic carbocycles. The first-order chi connectivity index (χ1) is 15.8. The first kappa shape index (κ1) is 19.8. The number of fused-ring (bicyclic) bond motifs is 1. The molecule has 5 aromatic rings. The lowest BCUT2D eigenvalue weighted by molar-refractivity contribution is 0.893. The van der Waals surface area contributed by atoms with Gasteiger partial charge in [0.05, 0.1) is 17.3 Å². The summed E-state index contributed by atoms with van der Waals surface area (Å²) in [5, 5.41) is 12.3. The first-order valence-corrected chi connectivity index (χ1v) is 10.7. The SMILES string of the molecule is Cc1ccc(Nc2nc(NCCc3ccccc3)nc3c2cnn3-c2ccccc2)cc1. The third-order valence-corrected chi connectivity index (χ3v) is 5.28. The second-order valence-corrected chi connectivity index (χ2v) is 7.68. The topological polar surface area (TPSA) is 67.7 Å². The van der Waals surface area contributed by atoms with Crippen LogP contribution in [0.4, 0.5) is 17.5 Å². The van der Waals surface area contributed by atoms with E-state index < -0.39 is 0 Å². The predicted octanol–water partition coefficient (Wildman–Crippen LogP) is 5.52. The standard InChI is InChI=1S/C26H24N6/c1-19-12-14-21(15-13-19)29-24-23-18-28-32(22-10-6-3-7-11-22)25(23)31-26(30-24)27-17-16-20-8-4-2-5-9-20/h2-15,18H,16-17H2,1H3,(H2,27,29,30,31). The second-order valence-electron chi connectivity index (χ2n) is 7.68. The van der Waals surface area contributed by atoms with Crippen LogP contribution in [0.15, 0.2) is 91.1 Å². The van der Waals surface area contributed by atoms with Gasteiger partial charge in [-0.3, -0.25) is 0 Å². The van der Waals surface area contributed by atoms with Gasteiger partial charge in [0.25, 0.3) is 0 Å². The quantitative estimate of drug-likeness (QED) is 0.363. The summed E-state index contributed by atoms with van der Waals surface area (Å²) >= 11 is 0. The van der Waals surface area contributed by atoms with E-state index in [0.29, 0.717) is 5.95 Å². The van der Waals surface area contributed by atoms with Crippen LogP contribution in [-0.4, -0.2) is 26.3 Å². The van der Waals surface area contributed by atoms with Crippen molar-refractivity contribution in [3.63, 3.8) is 0 Å². The van der Waals surface area contributed by atoms with Crippen molar-refractivity contribution in [2.24, 2.45) is 0 Å². The molecule has 0 aliphatic carbocycles. The van der Waals surface area contributed by atoms with Crippen LogP contribution in [0.3, 0.4) is 0 Å². The van der Waals surface area contributed by atoms with E-state index in [1.807, 2.05) is 59.4 Å². The first-order valence-electron chi connectivity index (χ1n) is 10.7. The highest BCUT2D eigenvalue weighted by molar-refractivity contribution is 5.90. The zero-order chi connectivity index (χ0) is 21.8. The maximum Gasteiger partial charge on any atom is 0.226 e. The summed E-state index contributed by atoms with van der Waals surface area (Å²) in [6.07, 6.45) is 2.70. The molecular formula is C26H24N6. The number of aryl methyl sites for hydroxylation is 1. The Morgan fingerprint density at radius 2 is 1.53 bits per heavy atom. The Morgan fingerprint density at radius 3 is 2.28 bits per heavy atom. The lowest BCUT2D eigenvalue weighted by Gasteiger charge is -2.11. The van der Waals surface area contributed by atoms with Crippen LogP contribution < -0.4 is 10.6 Å². The van der Waals surface area contributed by atoms with Crippen LogP contribution >= 0.6 is 0 Å². The van der Waals surface area contributed by atoms with Gasteiger partial charge >= 0.3 is 0 Å². The maximum atomic E-state index is 4.80. The van der Waals surface area contributed by atoms with Gasteiger partial charge in [0.1, 0.15) is 5.82 Å². The summed E-state index contributed by atoms with van der Waals surface area (Å²) in [5.74, 6) is 1.30. The van der Waals surface area contributed by atoms with Crippen molar-refractivity contribution in [3.8, 4) is 5.69 Å². The van der Waals surface area contributed by atoms with Crippen molar-refractivity contribution in [2.75, 3.05) is 17.2 Å². The predicted molar refractivity (Wildman–Crippen MR) is 130 cm³/mol. The molecule has 0 amide bonds. The minimum Gasteiger partial charge on any atom is -0.354 e. The molecule has 158 valence electrons. The van der Waals surface area contributed by atoms with E-state index in [1.54, 1.807) is 0 Å². The van der Waals surface area contributed by atoms with Crippen LogP contribution in [0.1, 0.15) is 11.1 Å². The van der Waals surface area contributed by atoms with Crippen molar-refractivity contribution in [3.05, 3.63) is 102 Å². The third-order valence-electron chi connectivity index (χ3n) is 5.28. The molecule has 0 saturated heterocycles. The molecule has 0 radical (unpaired) electrons. The Kier molecular flexibility index (Phi) is 5.49. The van der Waals surface area contributed by atoms with Crippen LogP contribution in [0.5, 0.6) is 0 Å². The fraction of sp³-hybridized carbons (Fsp3) is 0.115. The lowest BCUT2D eigenvalue weighted by Crippen LogP contribution is -2.10. The van der Waals surface area contributed by atoms with E-state index in [1.165, 1.54) is 11.1 Å². The molecule has 2 aromatic heterocycles. The Labute approximate surface area is 187 Å². The summed E-state index contributed by atoms with van der Waals surface area (Å²) in [5.41, 5.74) is 5.16. The summed E-state index contributed by atoms with van der Waals surface area (Å²) < 4.78 is 1.85. The third kappa shape index (κ3) is 4.30. The number of para-hydroxylation sites is 1. The fourth-order valence-corrected chi connectivity index (χ4v) is 3.58. The average molecular weight is 421 g/mol. The molecule has 0 unspecified atom stereocenters. The normalized spacial score (nSPS) is 10.9. The monoisotopic (exact) mass is 420 g/mol. The van der Waals surface area contributed by atoms with Gasteiger partial charge in [-0.25, -0.2) is 4.68 Å². The van der Waals surface area contributed by atoms with Crippen molar-refractivity contribution in [2.45, 2.75) is 13.3 Å². The van der Waals surface area contributed by atoms with E-state index in [2.05, 4.69) is 59.1 Å². The molecular weight excluding hydrogens is 396 g/mol. The summed E-state index contributed by atoms with van der Waals surface area (Å²) in [7, 11) is 0. The van der Waals surface area contributed by atoms with Gasteiger partial charge in [-0.2, -0.15) is 15.1 Å². The van der Waals surface area contributed by atoms with Crippen LogP contribution in [0.25, 0.3) is 16.7 Å². The van der Waals surface area contributed by atoms with Gasteiger partial charge in [-0.15, -0.1) is 0 Å². The molecule has 6 heteroatoms. The van der Waals surface area contributed by atoms with Gasteiger partial charge in [-0.05, 0) is 43.2 Å². The maximum absolute atomic E-state index is 4.80. The molecule has 2 N–H and O–H groups in total. The molecule has 0 bridgehead atoms. The average Bonchev–Trinajstić information content (AvgIpc) is 3.26. The van der Waals surface area contributed by atoms with Gasteiger partial charge in [-0.1, -0.05) is 66.2 Å². The number of hydrogen-bond acceptors (Lipinski definition) is 5. The van der Waals surface area contributed by atoms with Crippen LogP contribution in [0.2, 0.25) is 0 Å². The number of nitrogens with zero attached hydrogens (tertiary/aromatic N) is 4. The number of aromatic nitrogens is 4. The Bertz CT molecular complexity index is 1310. The van der Waals surface area contributed by atoms with E-state index in [-0.39, 0.29) is 0 Å². The number of rotatable bonds is 7. The van der Waals surface area contributed by atoms with E-state index in [9.17, 15) is 0 Å². The number of anilines is 3. The van der Waals surface area contributed by atoms with Gasteiger partial charge in [0.2, 0.25) is 5.95 Å². The Balaban J connectivity index is 1.50. The largest absolute Gasteiger partial charge is 0.354 e. The number of benzene rings is 3. The van der Waals surface area contributed by atoms with Crippen LogP contribution in [0, 0.1) is 6.92 Å². The zero-order valence-electron chi connectivity index (χ0n) is 17.9. The highest BCUT2D eigenvalue weighted by Crippen LogP contribution is 2.27. The second kappa shape index (κ2) is 8.89. The molecule has 0 fully saturated rings. The zero-order valence-corrected chi connectivity index (χ0v) is 17.9. The molecule has 0 spiro atoms. The van der Waals surface area contributed by atoms with Gasteiger partial charge in [0, 0.05) is 12.2 Å². The van der Waals surface area contributed by atoms with Gasteiger partial charge < -0.3 is 10.6 Å². The Morgan fingerprint density at radius 1 is 0.812 bits per heavy atom. The van der Waals surface area contributed by atoms with Crippen molar-refractivity contribution in [1.82, 2.24) is 19.7 Å². The van der Waals surface area contributed by atoms with Crippen molar-refractivity contribution < 1.29 is 0 Å². The summed E-state index contributed by atoms with van der Waals surface area (Å²) in [6.45, 7) is 2.81. The lowest BCUT2D eigenvalue weighted by atomic mass is 10.1. The van der Waals surface area contributed by atoms with E-state index in [4.69, 9.17) is 9.97 Å². The molecule has 32 heavy (non-hydrogen) atoms. The smallest absolute Gasteiger partial charge is 0.226 e. The molecule has 2 heterocycles. The molecule has 0 atom stereocenters. The number of nitrogens with one attached hydrogen (secondary N) is 2. The highest BCUT2D eigenvalue weighted by Gasteiger charge is 2.14. The van der Waals surface area contributed by atoms with Crippen molar-refractivity contribution >= 4 is 28.5 Å². The minimum atomic E-state index is 0.570. The summed E-state index contributed by atoms with van der Waals surface area (Å²) in [6, 6.07) is 28.7. The Hall–Kier alpha value is -4.19. The van der Waals surface area contributed by atoms with E-state index >= 15 is 0 Å². The molecule has 0 aliphatic rings. The molecule has 0 saturated carbocycles. The molecule has 6 nitrogen and oxygen atoms in total.